The second kappa shape index (κ2) is 24.8. The zero-order chi connectivity index (χ0) is 22.9. The Balaban J connectivity index is -0.000000414. The van der Waals surface area contributed by atoms with E-state index >= 15 is 0 Å². The summed E-state index contributed by atoms with van der Waals surface area (Å²) in [5.41, 5.74) is 0. The number of nitrogens with zero attached hydrogens (tertiary/aromatic N) is 6. The van der Waals surface area contributed by atoms with Crippen LogP contribution in [0.1, 0.15) is 41.5 Å². The van der Waals surface area contributed by atoms with Gasteiger partial charge in [-0.05, 0) is 81.2 Å². The van der Waals surface area contributed by atoms with Crippen LogP contribution in [0.5, 0.6) is 0 Å². The summed E-state index contributed by atoms with van der Waals surface area (Å²) in [6, 6.07) is 0. The second-order valence-corrected chi connectivity index (χ2v) is 9.10. The average molecular weight is 483 g/mol. The average Bonchev–Trinajstić information content (AvgIpc) is 2.67. The lowest BCUT2D eigenvalue weighted by Gasteiger charge is -2.42. The maximum atomic E-state index is 8.17. The number of rotatable bonds is 14. The van der Waals surface area contributed by atoms with Crippen molar-refractivity contribution in [1.29, 1.82) is 0 Å². The molecule has 0 aromatic carbocycles. The van der Waals surface area contributed by atoms with Gasteiger partial charge < -0.3 is 30.0 Å². The Morgan fingerprint density at radius 3 is 0.970 bits per heavy atom. The molecule has 9 nitrogen and oxygen atoms in total. The van der Waals surface area contributed by atoms with Gasteiger partial charge in [0, 0.05) is 19.6 Å². The van der Waals surface area contributed by atoms with E-state index in [1.165, 1.54) is 58.5 Å². The first-order chi connectivity index (χ1) is 14.2. The Morgan fingerprint density at radius 2 is 0.818 bits per heavy atom. The summed E-state index contributed by atoms with van der Waals surface area (Å²) in [6.45, 7) is 9.80. The fourth-order valence-corrected chi connectivity index (χ4v) is 3.30. The number of aliphatic hydroxyl groups excluding tert-OH is 3. The molecule has 0 atom stereocenters. The van der Waals surface area contributed by atoms with Gasteiger partial charge in [0.15, 0.2) is 0 Å². The molecule has 0 bridgehead atoms. The zero-order valence-electron chi connectivity index (χ0n) is 20.5. The third-order valence-electron chi connectivity index (χ3n) is 4.86. The Kier molecular flexibility index (Phi) is 29.9. The van der Waals surface area contributed by atoms with E-state index in [9.17, 15) is 0 Å². The topological polar surface area (TPSA) is 80.1 Å². The highest BCUT2D eigenvalue weighted by atomic mass is 16.3. The Hall–Kier alpha value is -0.360. The van der Waals surface area contributed by atoms with E-state index in [1.54, 1.807) is 0 Å². The lowest BCUT2D eigenvalue weighted by molar-refractivity contribution is -0.0320. The summed E-state index contributed by atoms with van der Waals surface area (Å²) in [6.07, 6.45) is 2.81. The van der Waals surface area contributed by atoms with Crippen molar-refractivity contribution < 1.29 is 15.3 Å². The fraction of sp³-hybridized carbons (Fsp3) is 1.00. The maximum Gasteiger partial charge on any atom is 0.100 e. The van der Waals surface area contributed by atoms with Gasteiger partial charge >= 0.3 is 0 Å². The molecule has 0 aromatic heterocycles. The van der Waals surface area contributed by atoms with Crippen LogP contribution in [-0.2, 0) is 0 Å². The first-order valence-corrected chi connectivity index (χ1v) is 11.2. The molecule has 1 aliphatic rings. The summed E-state index contributed by atoms with van der Waals surface area (Å²) in [7, 11) is 13.0. The van der Waals surface area contributed by atoms with Crippen molar-refractivity contribution in [3.8, 4) is 0 Å². The van der Waals surface area contributed by atoms with Gasteiger partial charge in [-0.3, -0.25) is 14.7 Å². The summed E-state index contributed by atoms with van der Waals surface area (Å²) in [5.74, 6) is 0. The molecule has 0 radical (unpaired) electrons. The van der Waals surface area contributed by atoms with Crippen LogP contribution in [0.15, 0.2) is 0 Å². The van der Waals surface area contributed by atoms with Crippen molar-refractivity contribution in [3.63, 3.8) is 0 Å². The molecule has 1 fully saturated rings. The minimum absolute atomic E-state index is 0. The highest BCUT2D eigenvalue weighted by molar-refractivity contribution is 4.71. The van der Waals surface area contributed by atoms with Gasteiger partial charge in [0.2, 0.25) is 0 Å². The minimum Gasteiger partial charge on any atom is -0.394 e. The van der Waals surface area contributed by atoms with E-state index in [1.807, 2.05) is 0 Å². The van der Waals surface area contributed by atoms with Gasteiger partial charge in [0.25, 0.3) is 0 Å². The predicted octanol–water partition coefficient (Wildman–Crippen LogP) is 0.874. The highest BCUT2D eigenvalue weighted by Gasteiger charge is 2.22. The number of hydrogen-bond acceptors (Lipinski definition) is 9. The first kappa shape index (κ1) is 39.8. The largest absolute Gasteiger partial charge is 0.394 e. The quantitative estimate of drug-likeness (QED) is 0.334. The van der Waals surface area contributed by atoms with Crippen LogP contribution in [0.3, 0.4) is 0 Å². The molecule has 1 aliphatic heterocycles. The van der Waals surface area contributed by atoms with Crippen molar-refractivity contribution in [2.45, 2.75) is 47.6 Å². The van der Waals surface area contributed by atoms with Gasteiger partial charge in [-0.15, -0.1) is 0 Å². The van der Waals surface area contributed by atoms with E-state index in [0.29, 0.717) is 0 Å². The Labute approximate surface area is 207 Å². The molecule has 0 amide bonds. The van der Waals surface area contributed by atoms with Crippen molar-refractivity contribution in [2.75, 3.05) is 115 Å². The molecule has 1 heterocycles. The lowest BCUT2D eigenvalue weighted by atomic mass is 10.3. The molecule has 0 aromatic rings. The van der Waals surface area contributed by atoms with E-state index in [-0.39, 0.29) is 35.5 Å². The number of aliphatic hydroxyl groups is 3. The van der Waals surface area contributed by atoms with E-state index < -0.39 is 6.10 Å². The molecule has 0 aliphatic carbocycles. The van der Waals surface area contributed by atoms with Crippen molar-refractivity contribution in [1.82, 2.24) is 29.4 Å². The summed E-state index contributed by atoms with van der Waals surface area (Å²) >= 11 is 0. The maximum absolute atomic E-state index is 8.17. The minimum atomic E-state index is -0.954. The number of hydrogen-bond donors (Lipinski definition) is 3. The predicted molar refractivity (Wildman–Crippen MR) is 145 cm³/mol. The molecule has 0 spiro atoms. The molecule has 33 heavy (non-hydrogen) atoms. The summed E-state index contributed by atoms with van der Waals surface area (Å²) < 4.78 is 0. The van der Waals surface area contributed by atoms with Crippen molar-refractivity contribution in [3.05, 3.63) is 0 Å². The van der Waals surface area contributed by atoms with Crippen LogP contribution in [0.2, 0.25) is 0 Å². The van der Waals surface area contributed by atoms with Crippen LogP contribution in [0.4, 0.5) is 0 Å². The standard InChI is InChI=1S/C18H42N6.C3H8O3.3CH4/c1-19(2)10-7-13-22-16-23(14-8-11-20(3)4)18-24(17-22)15-9-12-21(5)6;4-1-3(6)2-5;;;/h7-18H2,1-6H3;3-6H,1-2H2;3*1H4. The monoisotopic (exact) mass is 482 g/mol. The van der Waals surface area contributed by atoms with Crippen molar-refractivity contribution in [2.24, 2.45) is 0 Å². The fourth-order valence-electron chi connectivity index (χ4n) is 3.30. The lowest BCUT2D eigenvalue weighted by Crippen LogP contribution is -2.55. The molecule has 0 saturated carbocycles. The van der Waals surface area contributed by atoms with E-state index in [4.69, 9.17) is 15.3 Å². The summed E-state index contributed by atoms with van der Waals surface area (Å²) in [5, 5.41) is 24.0. The van der Waals surface area contributed by atoms with Gasteiger partial charge in [0.05, 0.1) is 33.2 Å². The van der Waals surface area contributed by atoms with Crippen LogP contribution in [-0.4, -0.2) is 166 Å². The Bertz CT molecular complexity index is 332. The highest BCUT2D eigenvalue weighted by Crippen LogP contribution is 2.10. The zero-order valence-corrected chi connectivity index (χ0v) is 20.5. The molecule has 9 heteroatoms. The smallest absolute Gasteiger partial charge is 0.100 e. The van der Waals surface area contributed by atoms with Gasteiger partial charge in [-0.2, -0.15) is 0 Å². The van der Waals surface area contributed by atoms with Gasteiger partial charge in [-0.25, -0.2) is 0 Å². The molecule has 1 rings (SSSR count). The molecule has 1 saturated heterocycles. The summed E-state index contributed by atoms with van der Waals surface area (Å²) in [4.78, 5) is 14.7. The van der Waals surface area contributed by atoms with Gasteiger partial charge in [0.1, 0.15) is 6.10 Å². The van der Waals surface area contributed by atoms with E-state index in [0.717, 1.165) is 20.0 Å². The molecular formula is C24H62N6O3. The molecule has 206 valence electrons. The molecule has 3 N–H and O–H groups in total. The van der Waals surface area contributed by atoms with Crippen LogP contribution in [0.25, 0.3) is 0 Å². The first-order valence-electron chi connectivity index (χ1n) is 11.2. The normalized spacial score (nSPS) is 15.2. The van der Waals surface area contributed by atoms with Crippen molar-refractivity contribution >= 4 is 0 Å². The van der Waals surface area contributed by atoms with Crippen LogP contribution >= 0.6 is 0 Å². The van der Waals surface area contributed by atoms with E-state index in [2.05, 4.69) is 71.7 Å². The third-order valence-corrected chi connectivity index (χ3v) is 4.86. The Morgan fingerprint density at radius 1 is 0.576 bits per heavy atom. The second-order valence-electron chi connectivity index (χ2n) is 9.10. The third kappa shape index (κ3) is 24.6. The van der Waals surface area contributed by atoms with Gasteiger partial charge in [-0.1, -0.05) is 22.3 Å². The van der Waals surface area contributed by atoms with Crippen LogP contribution < -0.4 is 0 Å². The molecular weight excluding hydrogens is 420 g/mol. The SMILES string of the molecule is C.C.C.CN(C)CCCN1CN(CCCN(C)C)CN(CCCN(C)C)C1.OCC(O)CO. The van der Waals surface area contributed by atoms with Crippen LogP contribution in [0, 0.1) is 0 Å². The molecule has 0 unspecified atom stereocenters.